The SMILES string of the molecule is CCCCC(N[C@@H](C)c1ccc(Cl)cc1)c1ccccc1. The molecule has 2 atom stereocenters. The van der Waals surface area contributed by atoms with Crippen LogP contribution in [0, 0.1) is 0 Å². The number of nitrogens with one attached hydrogen (secondary N) is 1. The van der Waals surface area contributed by atoms with E-state index < -0.39 is 0 Å². The van der Waals surface area contributed by atoms with Gasteiger partial charge in [-0.3, -0.25) is 0 Å². The van der Waals surface area contributed by atoms with Crippen molar-refractivity contribution in [3.8, 4) is 0 Å². The number of hydrogen-bond donors (Lipinski definition) is 1. The summed E-state index contributed by atoms with van der Waals surface area (Å²) in [4.78, 5) is 0. The Morgan fingerprint density at radius 1 is 0.952 bits per heavy atom. The first-order valence-electron chi connectivity index (χ1n) is 7.77. The largest absolute Gasteiger partial charge is 0.303 e. The molecule has 0 aliphatic rings. The standard InChI is InChI=1S/C19H24ClN/c1-3-4-10-19(17-8-6-5-7-9-17)21-15(2)16-11-13-18(20)14-12-16/h5-9,11-15,19,21H,3-4,10H2,1-2H3/t15-,19?/m0/s1. The average molecular weight is 302 g/mol. The second-order valence-electron chi connectivity index (χ2n) is 5.55. The van der Waals surface area contributed by atoms with E-state index in [9.17, 15) is 0 Å². The maximum absolute atomic E-state index is 5.97. The highest BCUT2D eigenvalue weighted by molar-refractivity contribution is 6.30. The maximum atomic E-state index is 5.97. The Bertz CT molecular complexity index is 521. The number of unbranched alkanes of at least 4 members (excludes halogenated alkanes) is 1. The van der Waals surface area contributed by atoms with E-state index in [1.165, 1.54) is 30.4 Å². The van der Waals surface area contributed by atoms with E-state index in [-0.39, 0.29) is 0 Å². The van der Waals surface area contributed by atoms with Gasteiger partial charge in [0.15, 0.2) is 0 Å². The summed E-state index contributed by atoms with van der Waals surface area (Å²) in [5.74, 6) is 0. The Hall–Kier alpha value is -1.31. The molecule has 21 heavy (non-hydrogen) atoms. The third kappa shape index (κ3) is 4.87. The lowest BCUT2D eigenvalue weighted by Gasteiger charge is -2.24. The first kappa shape index (κ1) is 16.1. The maximum Gasteiger partial charge on any atom is 0.0406 e. The highest BCUT2D eigenvalue weighted by atomic mass is 35.5. The molecule has 0 spiro atoms. The molecule has 112 valence electrons. The molecule has 2 aromatic rings. The molecule has 0 fully saturated rings. The zero-order chi connectivity index (χ0) is 15.1. The summed E-state index contributed by atoms with van der Waals surface area (Å²) in [5.41, 5.74) is 2.64. The Kier molecular flexibility index (Phi) is 6.28. The summed E-state index contributed by atoms with van der Waals surface area (Å²) in [5, 5.41) is 4.55. The topological polar surface area (TPSA) is 12.0 Å². The monoisotopic (exact) mass is 301 g/mol. The summed E-state index contributed by atoms with van der Waals surface area (Å²) in [6.07, 6.45) is 3.62. The van der Waals surface area contributed by atoms with Crippen LogP contribution >= 0.6 is 11.6 Å². The van der Waals surface area contributed by atoms with Crippen molar-refractivity contribution in [1.82, 2.24) is 5.32 Å². The van der Waals surface area contributed by atoms with E-state index >= 15 is 0 Å². The van der Waals surface area contributed by atoms with E-state index in [0.29, 0.717) is 12.1 Å². The van der Waals surface area contributed by atoms with Crippen LogP contribution in [-0.4, -0.2) is 0 Å². The second kappa shape index (κ2) is 8.21. The quantitative estimate of drug-likeness (QED) is 0.669. The van der Waals surface area contributed by atoms with E-state index in [4.69, 9.17) is 11.6 Å². The number of benzene rings is 2. The Balaban J connectivity index is 2.09. The highest BCUT2D eigenvalue weighted by Gasteiger charge is 2.14. The summed E-state index contributed by atoms with van der Waals surface area (Å²) >= 11 is 5.97. The van der Waals surface area contributed by atoms with E-state index in [0.717, 1.165) is 5.02 Å². The minimum Gasteiger partial charge on any atom is -0.303 e. The molecule has 0 aromatic heterocycles. The van der Waals surface area contributed by atoms with Gasteiger partial charge in [0.05, 0.1) is 0 Å². The Morgan fingerprint density at radius 3 is 2.24 bits per heavy atom. The van der Waals surface area contributed by atoms with Gasteiger partial charge in [0.1, 0.15) is 0 Å². The zero-order valence-electron chi connectivity index (χ0n) is 12.9. The van der Waals surface area contributed by atoms with Crippen LogP contribution in [0.3, 0.4) is 0 Å². The summed E-state index contributed by atoms with van der Waals surface area (Å²) in [6, 6.07) is 19.5. The van der Waals surface area contributed by atoms with Crippen LogP contribution < -0.4 is 5.32 Å². The Morgan fingerprint density at radius 2 is 1.62 bits per heavy atom. The smallest absolute Gasteiger partial charge is 0.0406 e. The van der Waals surface area contributed by atoms with Crippen molar-refractivity contribution in [3.05, 3.63) is 70.7 Å². The summed E-state index contributed by atoms with van der Waals surface area (Å²) in [7, 11) is 0. The van der Waals surface area contributed by atoms with Crippen molar-refractivity contribution in [3.63, 3.8) is 0 Å². The van der Waals surface area contributed by atoms with E-state index in [2.05, 4.69) is 61.6 Å². The zero-order valence-corrected chi connectivity index (χ0v) is 13.6. The molecule has 0 heterocycles. The summed E-state index contributed by atoms with van der Waals surface area (Å²) in [6.45, 7) is 4.45. The van der Waals surface area contributed by atoms with Crippen molar-refractivity contribution in [2.24, 2.45) is 0 Å². The van der Waals surface area contributed by atoms with Crippen LogP contribution in [0.4, 0.5) is 0 Å². The second-order valence-corrected chi connectivity index (χ2v) is 5.98. The molecule has 1 N–H and O–H groups in total. The molecule has 0 aliphatic carbocycles. The fourth-order valence-corrected chi connectivity index (χ4v) is 2.72. The van der Waals surface area contributed by atoms with Gasteiger partial charge >= 0.3 is 0 Å². The lowest BCUT2D eigenvalue weighted by atomic mass is 9.99. The molecule has 0 saturated heterocycles. The lowest BCUT2D eigenvalue weighted by Crippen LogP contribution is -2.24. The minimum absolute atomic E-state index is 0.310. The molecule has 0 bridgehead atoms. The van der Waals surface area contributed by atoms with Gasteiger partial charge in [-0.1, -0.05) is 73.8 Å². The average Bonchev–Trinajstić information content (AvgIpc) is 2.52. The van der Waals surface area contributed by atoms with Crippen molar-refractivity contribution in [2.45, 2.75) is 45.2 Å². The molecular weight excluding hydrogens is 278 g/mol. The van der Waals surface area contributed by atoms with Crippen LogP contribution in [0.2, 0.25) is 5.02 Å². The number of halogens is 1. The first-order valence-corrected chi connectivity index (χ1v) is 8.15. The Labute approximate surface area is 133 Å². The van der Waals surface area contributed by atoms with Crippen LogP contribution in [0.25, 0.3) is 0 Å². The van der Waals surface area contributed by atoms with Crippen molar-refractivity contribution in [1.29, 1.82) is 0 Å². The van der Waals surface area contributed by atoms with Gasteiger partial charge in [-0.2, -0.15) is 0 Å². The van der Waals surface area contributed by atoms with Gasteiger partial charge in [-0.05, 0) is 36.6 Å². The molecule has 0 radical (unpaired) electrons. The van der Waals surface area contributed by atoms with Crippen molar-refractivity contribution >= 4 is 11.6 Å². The van der Waals surface area contributed by atoms with E-state index in [1.807, 2.05) is 12.1 Å². The van der Waals surface area contributed by atoms with E-state index in [1.54, 1.807) is 0 Å². The predicted octanol–water partition coefficient (Wildman–Crippen LogP) is 5.92. The van der Waals surface area contributed by atoms with Gasteiger partial charge in [-0.25, -0.2) is 0 Å². The lowest BCUT2D eigenvalue weighted by molar-refractivity contribution is 0.431. The normalized spacial score (nSPS) is 13.9. The molecule has 1 nitrogen and oxygen atoms in total. The van der Waals surface area contributed by atoms with Crippen LogP contribution in [-0.2, 0) is 0 Å². The van der Waals surface area contributed by atoms with Crippen molar-refractivity contribution < 1.29 is 0 Å². The number of hydrogen-bond acceptors (Lipinski definition) is 1. The van der Waals surface area contributed by atoms with Crippen LogP contribution in [0.15, 0.2) is 54.6 Å². The number of rotatable bonds is 7. The highest BCUT2D eigenvalue weighted by Crippen LogP contribution is 2.24. The molecule has 0 amide bonds. The van der Waals surface area contributed by atoms with Gasteiger partial charge in [0.25, 0.3) is 0 Å². The van der Waals surface area contributed by atoms with Gasteiger partial charge in [0, 0.05) is 17.1 Å². The molecular formula is C19H24ClN. The van der Waals surface area contributed by atoms with Crippen LogP contribution in [0.1, 0.15) is 56.3 Å². The summed E-state index contributed by atoms with van der Waals surface area (Å²) < 4.78 is 0. The molecule has 0 aliphatic heterocycles. The molecule has 0 saturated carbocycles. The third-order valence-corrected chi connectivity index (χ3v) is 4.12. The van der Waals surface area contributed by atoms with Crippen LogP contribution in [0.5, 0.6) is 0 Å². The third-order valence-electron chi connectivity index (χ3n) is 3.87. The molecule has 2 aromatic carbocycles. The molecule has 1 unspecified atom stereocenters. The van der Waals surface area contributed by atoms with Gasteiger partial charge < -0.3 is 5.32 Å². The predicted molar refractivity (Wildman–Crippen MR) is 91.7 cm³/mol. The molecule has 2 heteroatoms. The minimum atomic E-state index is 0.310. The van der Waals surface area contributed by atoms with Crippen molar-refractivity contribution in [2.75, 3.05) is 0 Å². The van der Waals surface area contributed by atoms with Gasteiger partial charge in [0.2, 0.25) is 0 Å². The fourth-order valence-electron chi connectivity index (χ4n) is 2.59. The molecule has 2 rings (SSSR count). The first-order chi connectivity index (χ1) is 10.2. The van der Waals surface area contributed by atoms with Gasteiger partial charge in [-0.15, -0.1) is 0 Å². The fraction of sp³-hybridized carbons (Fsp3) is 0.368.